The molecule has 0 fully saturated rings. The first-order valence-corrected chi connectivity index (χ1v) is 2.24. The number of carbonyl (C=O) groups is 1. The topological polar surface area (TPSA) is 17.1 Å². The Hall–Kier alpha value is -0.330. The van der Waals surface area contributed by atoms with Crippen LogP contribution in [0.5, 0.6) is 0 Å². The summed E-state index contributed by atoms with van der Waals surface area (Å²) in [7, 11) is 0. The fourth-order valence-electron chi connectivity index (χ4n) is 0. The average Bonchev–Trinajstić information content (AvgIpc) is 1.31. The zero-order valence-electron chi connectivity index (χ0n) is 4.99. The Bertz CT molecular complexity index is 76.7. The molecule has 0 aliphatic heterocycles. The summed E-state index contributed by atoms with van der Waals surface area (Å²) in [6, 6.07) is 0. The Morgan fingerprint density at radius 3 is 1.57 bits per heavy atom. The van der Waals surface area contributed by atoms with Crippen LogP contribution in [0, 0.1) is 12.3 Å². The minimum Gasteiger partial charge on any atom is -0.299 e. The summed E-state index contributed by atoms with van der Waals surface area (Å²) in [6.45, 7) is 10.3. The first-order valence-electron chi connectivity index (χ1n) is 2.24. The van der Waals surface area contributed by atoms with E-state index in [1.807, 2.05) is 0 Å². The summed E-state index contributed by atoms with van der Waals surface area (Å²) in [4.78, 5) is 10.2. The van der Waals surface area contributed by atoms with Crippen LogP contribution in [-0.2, 0) is 4.79 Å². The van der Waals surface area contributed by atoms with E-state index in [1.54, 1.807) is 20.8 Å². The minimum atomic E-state index is -0.361. The van der Waals surface area contributed by atoms with Gasteiger partial charge in [-0.2, -0.15) is 0 Å². The quantitative estimate of drug-likeness (QED) is 0.446. The van der Waals surface area contributed by atoms with E-state index in [-0.39, 0.29) is 11.2 Å². The highest BCUT2D eigenvalue weighted by molar-refractivity contribution is 5.87. The molecule has 0 rings (SSSR count). The van der Waals surface area contributed by atoms with E-state index >= 15 is 0 Å². The Morgan fingerprint density at radius 2 is 1.57 bits per heavy atom. The third-order valence-corrected chi connectivity index (χ3v) is 0.739. The van der Waals surface area contributed by atoms with Crippen molar-refractivity contribution >= 4 is 5.78 Å². The molecule has 0 spiro atoms. The molecule has 0 saturated carbocycles. The van der Waals surface area contributed by atoms with Crippen LogP contribution in [0.3, 0.4) is 0 Å². The Balaban J connectivity index is 3.79. The van der Waals surface area contributed by atoms with E-state index in [2.05, 4.69) is 0 Å². The number of rotatable bonds is 0. The molecule has 0 aromatic heterocycles. The van der Waals surface area contributed by atoms with Crippen LogP contribution < -0.4 is 0 Å². The van der Waals surface area contributed by atoms with Crippen molar-refractivity contribution in [2.75, 3.05) is 0 Å². The number of ketones is 1. The maximum atomic E-state index is 10.2. The molecular weight excluding hydrogens is 88.1 g/mol. The van der Waals surface area contributed by atoms with Gasteiger partial charge in [0.2, 0.25) is 0 Å². The van der Waals surface area contributed by atoms with Crippen LogP contribution in [0.25, 0.3) is 0 Å². The van der Waals surface area contributed by atoms with Crippen LogP contribution >= 0.6 is 0 Å². The molecule has 2 radical (unpaired) electrons. The normalized spacial score (nSPS) is 11.4. The molecule has 1 heteroatoms. The van der Waals surface area contributed by atoms with Crippen molar-refractivity contribution in [2.24, 2.45) is 5.41 Å². The van der Waals surface area contributed by atoms with E-state index in [0.717, 1.165) is 0 Å². The third kappa shape index (κ3) is 2.38. The monoisotopic (exact) mass is 98.1 g/mol. The number of carbonyl (C=O) groups excluding carboxylic acids is 1. The van der Waals surface area contributed by atoms with Gasteiger partial charge in [-0.3, -0.25) is 4.79 Å². The van der Waals surface area contributed by atoms with Crippen molar-refractivity contribution in [1.29, 1.82) is 0 Å². The molecule has 0 heterocycles. The van der Waals surface area contributed by atoms with Gasteiger partial charge in [-0.1, -0.05) is 20.8 Å². The lowest BCUT2D eigenvalue weighted by molar-refractivity contribution is -0.121. The van der Waals surface area contributed by atoms with Crippen molar-refractivity contribution in [3.05, 3.63) is 6.92 Å². The molecular formula is C6H10O. The average molecular weight is 98.1 g/mol. The van der Waals surface area contributed by atoms with Gasteiger partial charge in [0, 0.05) is 12.3 Å². The van der Waals surface area contributed by atoms with Crippen molar-refractivity contribution in [3.8, 4) is 0 Å². The lowest BCUT2D eigenvalue weighted by Gasteiger charge is -2.10. The van der Waals surface area contributed by atoms with E-state index in [4.69, 9.17) is 6.92 Å². The predicted octanol–water partition coefficient (Wildman–Crippen LogP) is 1.31. The van der Waals surface area contributed by atoms with Gasteiger partial charge in [0.1, 0.15) is 5.78 Å². The fraction of sp³-hybridized carbons (Fsp3) is 0.667. The summed E-state index contributed by atoms with van der Waals surface area (Å²) in [5.74, 6) is -0.257. The Kier molecular flexibility index (Phi) is 1.57. The summed E-state index contributed by atoms with van der Waals surface area (Å²) in [6.07, 6.45) is 0. The van der Waals surface area contributed by atoms with Crippen molar-refractivity contribution in [2.45, 2.75) is 20.8 Å². The third-order valence-electron chi connectivity index (χ3n) is 0.739. The molecule has 0 aromatic carbocycles. The summed E-state index contributed by atoms with van der Waals surface area (Å²) >= 11 is 0. The first kappa shape index (κ1) is 6.67. The summed E-state index contributed by atoms with van der Waals surface area (Å²) < 4.78 is 0. The standard InChI is InChI=1S/C6H10O/c1-5(7)6(2,3)4/h1H,2-4H3. The fourth-order valence-corrected chi connectivity index (χ4v) is 0. The molecule has 1 nitrogen and oxygen atoms in total. The van der Waals surface area contributed by atoms with Gasteiger partial charge in [0.25, 0.3) is 0 Å². The molecule has 0 aliphatic carbocycles. The number of hydrogen-bond donors (Lipinski definition) is 0. The van der Waals surface area contributed by atoms with Crippen LogP contribution in [0.1, 0.15) is 20.8 Å². The predicted molar refractivity (Wildman–Crippen MR) is 28.8 cm³/mol. The Morgan fingerprint density at radius 1 is 1.43 bits per heavy atom. The molecule has 0 saturated heterocycles. The largest absolute Gasteiger partial charge is 0.299 e. The highest BCUT2D eigenvalue weighted by Gasteiger charge is 2.15. The van der Waals surface area contributed by atoms with E-state index in [0.29, 0.717) is 0 Å². The molecule has 7 heavy (non-hydrogen) atoms. The molecule has 0 N–H and O–H groups in total. The van der Waals surface area contributed by atoms with Crippen LogP contribution in [0.4, 0.5) is 0 Å². The van der Waals surface area contributed by atoms with E-state index < -0.39 is 0 Å². The summed E-state index contributed by atoms with van der Waals surface area (Å²) in [5.41, 5.74) is -0.361. The zero-order valence-corrected chi connectivity index (χ0v) is 4.99. The van der Waals surface area contributed by atoms with Gasteiger partial charge in [-0.05, 0) is 0 Å². The lowest BCUT2D eigenvalue weighted by Crippen LogP contribution is -2.15. The van der Waals surface area contributed by atoms with Gasteiger partial charge in [-0.25, -0.2) is 0 Å². The molecule has 0 aliphatic rings. The second-order valence-electron chi connectivity index (χ2n) is 2.61. The van der Waals surface area contributed by atoms with Gasteiger partial charge in [0.15, 0.2) is 0 Å². The molecule has 0 aromatic rings. The maximum absolute atomic E-state index is 10.2. The lowest BCUT2D eigenvalue weighted by atomic mass is 9.92. The zero-order chi connectivity index (χ0) is 6.08. The molecule has 0 atom stereocenters. The van der Waals surface area contributed by atoms with Gasteiger partial charge in [0.05, 0.1) is 0 Å². The molecule has 0 unspecified atom stereocenters. The van der Waals surface area contributed by atoms with Crippen molar-refractivity contribution < 1.29 is 4.79 Å². The second kappa shape index (κ2) is 1.65. The van der Waals surface area contributed by atoms with Crippen molar-refractivity contribution in [3.63, 3.8) is 0 Å². The summed E-state index contributed by atoms with van der Waals surface area (Å²) in [5, 5.41) is 0. The number of Topliss-reactive ketones (excluding diaryl/α,β-unsaturated/α-hetero) is 1. The number of hydrogen-bond acceptors (Lipinski definition) is 1. The van der Waals surface area contributed by atoms with Crippen LogP contribution in [0.2, 0.25) is 0 Å². The van der Waals surface area contributed by atoms with Crippen LogP contribution in [0.15, 0.2) is 0 Å². The van der Waals surface area contributed by atoms with Gasteiger partial charge in [-0.15, -0.1) is 0 Å². The highest BCUT2D eigenvalue weighted by atomic mass is 16.1. The SMILES string of the molecule is [CH]C(=O)C(C)(C)C. The first-order chi connectivity index (χ1) is 2.94. The van der Waals surface area contributed by atoms with E-state index in [9.17, 15) is 4.79 Å². The maximum Gasteiger partial charge on any atom is 0.142 e. The minimum absolute atomic E-state index is 0.257. The van der Waals surface area contributed by atoms with Gasteiger partial charge >= 0.3 is 0 Å². The smallest absolute Gasteiger partial charge is 0.142 e. The molecule has 0 bridgehead atoms. The van der Waals surface area contributed by atoms with E-state index in [1.165, 1.54) is 0 Å². The molecule has 40 valence electrons. The Labute approximate surface area is 44.7 Å². The van der Waals surface area contributed by atoms with Crippen molar-refractivity contribution in [1.82, 2.24) is 0 Å². The van der Waals surface area contributed by atoms with Crippen LogP contribution in [-0.4, -0.2) is 5.78 Å². The van der Waals surface area contributed by atoms with Gasteiger partial charge < -0.3 is 0 Å². The highest BCUT2D eigenvalue weighted by Crippen LogP contribution is 2.12. The second-order valence-corrected chi connectivity index (χ2v) is 2.61. The molecule has 0 amide bonds.